The molecule has 0 radical (unpaired) electrons. The summed E-state index contributed by atoms with van der Waals surface area (Å²) >= 11 is 11.2. The van der Waals surface area contributed by atoms with E-state index in [-0.39, 0.29) is 11.3 Å². The van der Waals surface area contributed by atoms with Crippen LogP contribution in [0.3, 0.4) is 0 Å². The van der Waals surface area contributed by atoms with Gasteiger partial charge >= 0.3 is 5.85 Å². The Morgan fingerprint density at radius 1 is 0.974 bits per heavy atom. The number of hydrogen-bond acceptors (Lipinski definition) is 5. The lowest BCUT2D eigenvalue weighted by atomic mass is 9.95. The lowest BCUT2D eigenvalue weighted by Gasteiger charge is -2.49. The van der Waals surface area contributed by atoms with E-state index in [4.69, 9.17) is 21.4 Å². The third-order valence-electron chi connectivity index (χ3n) is 7.08. The summed E-state index contributed by atoms with van der Waals surface area (Å²) in [6.07, 6.45) is 2.67. The van der Waals surface area contributed by atoms with Crippen LogP contribution in [-0.2, 0) is 0 Å². The monoisotopic (exact) mass is 613 g/mol. The van der Waals surface area contributed by atoms with Gasteiger partial charge < -0.3 is 4.74 Å². The molecule has 3 heterocycles. The standard InChI is InChI=1S/C31H21BrClN3O2S/c32-22-11-7-8-20(16-22)17-29-31(35(30(37)39-29)24-12-5-2-6-13-24)36-27(25-18-23(33)14-15-28(25)38-31)19-26(34-36)21-9-3-1-4-10-21/h1-18,27H,19H2/b29-17-. The molecule has 0 aromatic heterocycles. The van der Waals surface area contributed by atoms with Gasteiger partial charge in [0.05, 0.1) is 22.3 Å². The van der Waals surface area contributed by atoms with Gasteiger partial charge in [-0.1, -0.05) is 88.2 Å². The molecule has 5 nitrogen and oxygen atoms in total. The summed E-state index contributed by atoms with van der Waals surface area (Å²) in [4.78, 5) is 16.3. The molecule has 4 aromatic rings. The first-order valence-corrected chi connectivity index (χ1v) is 14.5. The van der Waals surface area contributed by atoms with Crippen LogP contribution in [0.15, 0.2) is 118 Å². The molecule has 0 aliphatic carbocycles. The Kier molecular flexibility index (Phi) is 6.03. The van der Waals surface area contributed by atoms with Crippen LogP contribution in [0.4, 0.5) is 10.5 Å². The van der Waals surface area contributed by atoms with Crippen molar-refractivity contribution >= 4 is 62.0 Å². The number of hydrazone groups is 1. The first-order chi connectivity index (χ1) is 19.0. The molecule has 192 valence electrons. The van der Waals surface area contributed by atoms with Gasteiger partial charge in [0.15, 0.2) is 0 Å². The number of amides is 1. The van der Waals surface area contributed by atoms with E-state index >= 15 is 0 Å². The van der Waals surface area contributed by atoms with Crippen LogP contribution < -0.4 is 9.64 Å². The van der Waals surface area contributed by atoms with Crippen LogP contribution >= 0.6 is 39.3 Å². The van der Waals surface area contributed by atoms with Gasteiger partial charge in [-0.3, -0.25) is 4.79 Å². The fourth-order valence-electron chi connectivity index (χ4n) is 5.39. The summed E-state index contributed by atoms with van der Waals surface area (Å²) in [6, 6.07) is 33.2. The van der Waals surface area contributed by atoms with Crippen molar-refractivity contribution in [1.82, 2.24) is 5.01 Å². The highest BCUT2D eigenvalue weighted by atomic mass is 79.9. The summed E-state index contributed by atoms with van der Waals surface area (Å²) in [6.45, 7) is 0. The zero-order valence-corrected chi connectivity index (χ0v) is 23.7. The Labute approximate surface area is 243 Å². The first-order valence-electron chi connectivity index (χ1n) is 12.5. The lowest BCUT2D eigenvalue weighted by molar-refractivity contribution is -0.0763. The second-order valence-corrected chi connectivity index (χ2v) is 11.8. The van der Waals surface area contributed by atoms with E-state index in [1.54, 1.807) is 4.90 Å². The molecular formula is C31H21BrClN3O2S. The Morgan fingerprint density at radius 3 is 2.51 bits per heavy atom. The molecule has 7 rings (SSSR count). The molecule has 0 bridgehead atoms. The van der Waals surface area contributed by atoms with Gasteiger partial charge in [0.1, 0.15) is 5.75 Å². The minimum absolute atomic E-state index is 0.137. The molecule has 1 spiro atoms. The number of para-hydroxylation sites is 1. The summed E-state index contributed by atoms with van der Waals surface area (Å²) in [5, 5.41) is 7.64. The van der Waals surface area contributed by atoms with Crippen molar-refractivity contribution in [2.45, 2.75) is 18.3 Å². The third-order valence-corrected chi connectivity index (χ3v) is 8.76. The summed E-state index contributed by atoms with van der Waals surface area (Å²) in [5.74, 6) is -0.644. The van der Waals surface area contributed by atoms with Crippen LogP contribution in [-0.4, -0.2) is 21.8 Å². The van der Waals surface area contributed by atoms with Gasteiger partial charge in [0.25, 0.3) is 5.24 Å². The van der Waals surface area contributed by atoms with E-state index in [9.17, 15) is 4.79 Å². The number of nitrogens with zero attached hydrogens (tertiary/aromatic N) is 3. The fraction of sp³-hybridized carbons (Fsp3) is 0.0968. The van der Waals surface area contributed by atoms with E-state index in [1.807, 2.05) is 102 Å². The maximum absolute atomic E-state index is 13.9. The Balaban J connectivity index is 1.49. The quantitative estimate of drug-likeness (QED) is 0.232. The molecule has 1 saturated heterocycles. The Morgan fingerprint density at radius 2 is 1.74 bits per heavy atom. The average Bonchev–Trinajstić information content (AvgIpc) is 3.51. The number of thioether (sulfide) groups is 1. The van der Waals surface area contributed by atoms with Gasteiger partial charge in [-0.15, -0.1) is 0 Å². The van der Waals surface area contributed by atoms with E-state index in [1.165, 1.54) is 11.8 Å². The number of rotatable bonds is 3. The van der Waals surface area contributed by atoms with Crippen LogP contribution in [0.1, 0.15) is 29.2 Å². The number of carbonyl (C=O) groups excluding carboxylic acids is 1. The second kappa shape index (κ2) is 9.59. The molecule has 3 aliphatic rings. The van der Waals surface area contributed by atoms with E-state index in [0.717, 1.165) is 37.5 Å². The average molecular weight is 615 g/mol. The van der Waals surface area contributed by atoms with Crippen LogP contribution in [0.2, 0.25) is 5.02 Å². The maximum atomic E-state index is 13.9. The predicted octanol–water partition coefficient (Wildman–Crippen LogP) is 8.71. The van der Waals surface area contributed by atoms with Crippen molar-refractivity contribution in [3.63, 3.8) is 0 Å². The second-order valence-electron chi connectivity index (χ2n) is 9.47. The summed E-state index contributed by atoms with van der Waals surface area (Å²) < 4.78 is 7.90. The summed E-state index contributed by atoms with van der Waals surface area (Å²) in [5.41, 5.74) is 4.58. The van der Waals surface area contributed by atoms with E-state index < -0.39 is 5.85 Å². The maximum Gasteiger partial charge on any atom is 0.321 e. The van der Waals surface area contributed by atoms with Crippen molar-refractivity contribution < 1.29 is 9.53 Å². The minimum atomic E-state index is -1.33. The Hall–Kier alpha value is -3.52. The first kappa shape index (κ1) is 24.5. The highest BCUT2D eigenvalue weighted by Gasteiger charge is 2.63. The molecule has 1 fully saturated rings. The number of carbonyl (C=O) groups is 1. The van der Waals surface area contributed by atoms with Gasteiger partial charge in [-0.05, 0) is 71.4 Å². The lowest BCUT2D eigenvalue weighted by Crippen LogP contribution is -2.63. The molecule has 0 saturated carbocycles. The molecule has 8 heteroatoms. The molecule has 39 heavy (non-hydrogen) atoms. The zero-order valence-electron chi connectivity index (χ0n) is 20.5. The molecular weight excluding hydrogens is 594 g/mol. The van der Waals surface area contributed by atoms with E-state index in [0.29, 0.717) is 17.2 Å². The van der Waals surface area contributed by atoms with Crippen molar-refractivity contribution in [2.24, 2.45) is 5.10 Å². The molecule has 0 N–H and O–H groups in total. The number of benzene rings is 4. The van der Waals surface area contributed by atoms with Crippen LogP contribution in [0.25, 0.3) is 6.08 Å². The van der Waals surface area contributed by atoms with Gasteiger partial charge in [-0.25, -0.2) is 9.91 Å². The number of hydrogen-bond donors (Lipinski definition) is 0. The SMILES string of the molecule is O=C1S/C(=C\c2cccc(Br)c2)C2(Oc3ccc(Cl)cc3C3CC(c4ccccc4)=NN32)N1c1ccccc1. The number of anilines is 1. The van der Waals surface area contributed by atoms with Crippen molar-refractivity contribution in [3.05, 3.63) is 134 Å². The molecule has 1 amide bonds. The summed E-state index contributed by atoms with van der Waals surface area (Å²) in [7, 11) is 0. The van der Waals surface area contributed by atoms with Gasteiger partial charge in [0.2, 0.25) is 0 Å². The topological polar surface area (TPSA) is 45.1 Å². The Bertz CT molecular complexity index is 1660. The van der Waals surface area contributed by atoms with Gasteiger partial charge in [0, 0.05) is 21.5 Å². The van der Waals surface area contributed by atoms with Crippen LogP contribution in [0.5, 0.6) is 5.75 Å². The molecule has 2 atom stereocenters. The highest BCUT2D eigenvalue weighted by Crippen LogP contribution is 2.57. The van der Waals surface area contributed by atoms with Gasteiger partial charge in [-0.2, -0.15) is 5.10 Å². The predicted molar refractivity (Wildman–Crippen MR) is 161 cm³/mol. The van der Waals surface area contributed by atoms with Crippen molar-refractivity contribution in [3.8, 4) is 5.75 Å². The zero-order chi connectivity index (χ0) is 26.6. The molecule has 2 unspecified atom stereocenters. The third kappa shape index (κ3) is 4.07. The van der Waals surface area contributed by atoms with Crippen molar-refractivity contribution in [2.75, 3.05) is 4.90 Å². The fourth-order valence-corrected chi connectivity index (χ4v) is 7.05. The number of halogens is 2. The highest BCUT2D eigenvalue weighted by molar-refractivity contribution is 9.10. The minimum Gasteiger partial charge on any atom is -0.443 e. The number of ether oxygens (including phenoxy) is 1. The largest absolute Gasteiger partial charge is 0.443 e. The normalized spacial score (nSPS) is 22.6. The van der Waals surface area contributed by atoms with Crippen LogP contribution in [0, 0.1) is 0 Å². The van der Waals surface area contributed by atoms with Crippen molar-refractivity contribution in [1.29, 1.82) is 0 Å². The smallest absolute Gasteiger partial charge is 0.321 e. The number of fused-ring (bicyclic) bond motifs is 4. The molecule has 4 aromatic carbocycles. The molecule has 3 aliphatic heterocycles. The van der Waals surface area contributed by atoms with E-state index in [2.05, 4.69) is 28.1 Å².